The zero-order valence-electron chi connectivity index (χ0n) is 10.3. The lowest BCUT2D eigenvalue weighted by Gasteiger charge is -2.11. The van der Waals surface area contributed by atoms with Gasteiger partial charge in [0, 0.05) is 23.0 Å². The first kappa shape index (κ1) is 11.7. The lowest BCUT2D eigenvalue weighted by Crippen LogP contribution is -2.25. The highest BCUT2D eigenvalue weighted by Crippen LogP contribution is 2.21. The number of carbonyl (C=O) groups is 1. The molecule has 0 unspecified atom stereocenters. The minimum absolute atomic E-state index is 0.0114. The Morgan fingerprint density at radius 1 is 1.41 bits per heavy atom. The van der Waals surface area contributed by atoms with Gasteiger partial charge in [-0.2, -0.15) is 0 Å². The van der Waals surface area contributed by atoms with Crippen LogP contribution in [0.25, 0.3) is 0 Å². The van der Waals surface area contributed by atoms with Crippen molar-refractivity contribution >= 4 is 11.6 Å². The molecule has 17 heavy (non-hydrogen) atoms. The van der Waals surface area contributed by atoms with Crippen LogP contribution in [0.2, 0.25) is 0 Å². The lowest BCUT2D eigenvalue weighted by atomic mass is 10.1. The zero-order chi connectivity index (χ0) is 12.4. The van der Waals surface area contributed by atoms with Gasteiger partial charge in [-0.05, 0) is 44.4 Å². The molecule has 0 aliphatic heterocycles. The maximum Gasteiger partial charge on any atom is 0.251 e. The highest BCUT2D eigenvalue weighted by Gasteiger charge is 2.23. The molecular formula is C14H18N2O. The molecule has 0 spiro atoms. The first-order valence-corrected chi connectivity index (χ1v) is 5.90. The Hall–Kier alpha value is -1.77. The summed E-state index contributed by atoms with van der Waals surface area (Å²) >= 11 is 0. The number of rotatable bonds is 4. The highest BCUT2D eigenvalue weighted by atomic mass is 16.1. The summed E-state index contributed by atoms with van der Waals surface area (Å²) in [7, 11) is 0. The van der Waals surface area contributed by atoms with E-state index in [9.17, 15) is 4.79 Å². The average molecular weight is 230 g/mol. The fourth-order valence-corrected chi connectivity index (χ4v) is 1.62. The van der Waals surface area contributed by atoms with Crippen molar-refractivity contribution in [1.82, 2.24) is 5.32 Å². The number of nitrogens with one attached hydrogen (secondary N) is 2. The molecule has 0 saturated heterocycles. The lowest BCUT2D eigenvalue weighted by molar-refractivity contribution is 0.0951. The number of aryl methyl sites for hydroxylation is 1. The van der Waals surface area contributed by atoms with Gasteiger partial charge in [0.05, 0.1) is 0 Å². The quantitative estimate of drug-likeness (QED) is 0.835. The molecule has 3 nitrogen and oxygen atoms in total. The zero-order valence-corrected chi connectivity index (χ0v) is 10.3. The molecule has 1 aliphatic carbocycles. The van der Waals surface area contributed by atoms with Gasteiger partial charge in [-0.3, -0.25) is 4.79 Å². The van der Waals surface area contributed by atoms with Crippen LogP contribution in [-0.4, -0.2) is 11.9 Å². The van der Waals surface area contributed by atoms with Gasteiger partial charge in [-0.15, -0.1) is 0 Å². The van der Waals surface area contributed by atoms with Crippen molar-refractivity contribution in [3.05, 3.63) is 41.6 Å². The summed E-state index contributed by atoms with van der Waals surface area (Å²) < 4.78 is 0. The minimum Gasteiger partial charge on any atom is -0.359 e. The summed E-state index contributed by atoms with van der Waals surface area (Å²) in [4.78, 5) is 11.9. The van der Waals surface area contributed by atoms with Crippen molar-refractivity contribution in [2.75, 3.05) is 5.32 Å². The Morgan fingerprint density at radius 3 is 2.71 bits per heavy atom. The van der Waals surface area contributed by atoms with Crippen molar-refractivity contribution in [2.45, 2.75) is 32.7 Å². The van der Waals surface area contributed by atoms with Crippen LogP contribution in [0.1, 0.15) is 35.7 Å². The van der Waals surface area contributed by atoms with Crippen molar-refractivity contribution in [2.24, 2.45) is 0 Å². The SMILES string of the molecule is C=C(C)Nc1cc(C(=O)NC2CC2)ccc1C. The van der Waals surface area contributed by atoms with Gasteiger partial charge in [0.2, 0.25) is 0 Å². The maximum absolute atomic E-state index is 11.9. The van der Waals surface area contributed by atoms with Gasteiger partial charge >= 0.3 is 0 Å². The third kappa shape index (κ3) is 3.09. The smallest absolute Gasteiger partial charge is 0.251 e. The normalized spacial score (nSPS) is 14.2. The Balaban J connectivity index is 2.16. The van der Waals surface area contributed by atoms with E-state index in [1.54, 1.807) is 0 Å². The summed E-state index contributed by atoms with van der Waals surface area (Å²) in [6.45, 7) is 7.72. The molecule has 0 bridgehead atoms. The number of amides is 1. The molecule has 0 aromatic heterocycles. The fourth-order valence-electron chi connectivity index (χ4n) is 1.62. The molecule has 3 heteroatoms. The maximum atomic E-state index is 11.9. The van der Waals surface area contributed by atoms with Crippen LogP contribution in [0, 0.1) is 6.92 Å². The summed E-state index contributed by atoms with van der Waals surface area (Å²) in [6, 6.07) is 6.08. The molecule has 2 rings (SSSR count). The van der Waals surface area contributed by atoms with Crippen LogP contribution in [0.15, 0.2) is 30.5 Å². The van der Waals surface area contributed by atoms with Crippen LogP contribution in [0.4, 0.5) is 5.69 Å². The van der Waals surface area contributed by atoms with E-state index in [4.69, 9.17) is 0 Å². The van der Waals surface area contributed by atoms with E-state index in [0.717, 1.165) is 29.8 Å². The van der Waals surface area contributed by atoms with E-state index < -0.39 is 0 Å². The Kier molecular flexibility index (Phi) is 3.18. The molecule has 1 aromatic carbocycles. The topological polar surface area (TPSA) is 41.1 Å². The number of carbonyl (C=O) groups excluding carboxylic acids is 1. The molecule has 0 heterocycles. The molecule has 1 aromatic rings. The average Bonchev–Trinajstić information content (AvgIpc) is 3.04. The molecule has 0 atom stereocenters. The number of anilines is 1. The molecule has 0 radical (unpaired) electrons. The van der Waals surface area contributed by atoms with Gasteiger partial charge in [-0.25, -0.2) is 0 Å². The summed E-state index contributed by atoms with van der Waals surface area (Å²) in [5.74, 6) is 0.0114. The van der Waals surface area contributed by atoms with Crippen molar-refractivity contribution in [3.8, 4) is 0 Å². The molecule has 1 amide bonds. The van der Waals surface area contributed by atoms with Gasteiger partial charge in [0.15, 0.2) is 0 Å². The van der Waals surface area contributed by atoms with E-state index in [0.29, 0.717) is 11.6 Å². The van der Waals surface area contributed by atoms with Gasteiger partial charge in [0.25, 0.3) is 5.91 Å². The predicted octanol–water partition coefficient (Wildman–Crippen LogP) is 2.83. The van der Waals surface area contributed by atoms with E-state index >= 15 is 0 Å². The molecule has 90 valence electrons. The summed E-state index contributed by atoms with van der Waals surface area (Å²) in [5, 5.41) is 6.14. The van der Waals surface area contributed by atoms with Crippen LogP contribution in [0.5, 0.6) is 0 Å². The molecule has 2 N–H and O–H groups in total. The van der Waals surface area contributed by atoms with Gasteiger partial charge < -0.3 is 10.6 Å². The number of hydrogen-bond acceptors (Lipinski definition) is 2. The monoisotopic (exact) mass is 230 g/mol. The van der Waals surface area contributed by atoms with Gasteiger partial charge in [-0.1, -0.05) is 12.6 Å². The van der Waals surface area contributed by atoms with E-state index in [1.807, 2.05) is 32.0 Å². The van der Waals surface area contributed by atoms with Crippen molar-refractivity contribution < 1.29 is 4.79 Å². The van der Waals surface area contributed by atoms with Crippen LogP contribution >= 0.6 is 0 Å². The summed E-state index contributed by atoms with van der Waals surface area (Å²) in [5.41, 5.74) is 3.62. The molecule has 1 fully saturated rings. The van der Waals surface area contributed by atoms with Gasteiger partial charge in [0.1, 0.15) is 0 Å². The highest BCUT2D eigenvalue weighted by molar-refractivity contribution is 5.95. The van der Waals surface area contributed by atoms with Crippen LogP contribution < -0.4 is 10.6 Å². The standard InChI is InChI=1S/C14H18N2O/c1-9(2)15-13-8-11(5-4-10(13)3)14(17)16-12-6-7-12/h4-5,8,12,15H,1,6-7H2,2-3H3,(H,16,17). The largest absolute Gasteiger partial charge is 0.359 e. The third-order valence-electron chi connectivity index (χ3n) is 2.76. The molecule has 1 saturated carbocycles. The van der Waals surface area contributed by atoms with Crippen LogP contribution in [-0.2, 0) is 0 Å². The molecular weight excluding hydrogens is 212 g/mol. The van der Waals surface area contributed by atoms with E-state index in [1.165, 1.54) is 0 Å². The fraction of sp³-hybridized carbons (Fsp3) is 0.357. The first-order valence-electron chi connectivity index (χ1n) is 5.90. The Labute approximate surface area is 102 Å². The van der Waals surface area contributed by atoms with Crippen molar-refractivity contribution in [1.29, 1.82) is 0 Å². The van der Waals surface area contributed by atoms with Crippen LogP contribution in [0.3, 0.4) is 0 Å². The number of allylic oxidation sites excluding steroid dienone is 1. The number of benzene rings is 1. The second-order valence-electron chi connectivity index (χ2n) is 4.68. The minimum atomic E-state index is 0.0114. The predicted molar refractivity (Wildman–Crippen MR) is 70.1 cm³/mol. The Bertz CT molecular complexity index is 461. The Morgan fingerprint density at radius 2 is 2.12 bits per heavy atom. The van der Waals surface area contributed by atoms with E-state index in [-0.39, 0.29) is 5.91 Å². The number of hydrogen-bond donors (Lipinski definition) is 2. The molecule has 1 aliphatic rings. The third-order valence-corrected chi connectivity index (χ3v) is 2.76. The summed E-state index contributed by atoms with van der Waals surface area (Å²) in [6.07, 6.45) is 2.21. The second-order valence-corrected chi connectivity index (χ2v) is 4.68. The first-order chi connectivity index (χ1) is 8.06. The van der Waals surface area contributed by atoms with Crippen molar-refractivity contribution in [3.63, 3.8) is 0 Å². The van der Waals surface area contributed by atoms with E-state index in [2.05, 4.69) is 17.2 Å². The second kappa shape index (κ2) is 4.62.